The second-order valence-corrected chi connectivity index (χ2v) is 9.52. The normalized spacial score (nSPS) is 15.2. The number of imidazole rings is 1. The van der Waals surface area contributed by atoms with Crippen LogP contribution in [0.15, 0.2) is 69.3 Å². The summed E-state index contributed by atoms with van der Waals surface area (Å²) in [5.41, 5.74) is 0.981. The van der Waals surface area contributed by atoms with Crippen LogP contribution in [0.4, 0.5) is 4.39 Å². The Bertz CT molecular complexity index is 1530. The minimum atomic E-state index is -0.603. The number of benzene rings is 2. The number of fused-ring (bicyclic) bond motifs is 2. The van der Waals surface area contributed by atoms with E-state index in [0.717, 1.165) is 20.8 Å². The molecule has 1 aliphatic heterocycles. The third-order valence-electron chi connectivity index (χ3n) is 6.16. The van der Waals surface area contributed by atoms with E-state index in [1.807, 2.05) is 37.3 Å². The van der Waals surface area contributed by atoms with Gasteiger partial charge < -0.3 is 9.88 Å². The number of hydrogen-bond acceptors (Lipinski definition) is 5. The number of hydrogen-bond donors (Lipinski definition) is 1. The van der Waals surface area contributed by atoms with Crippen LogP contribution >= 0.6 is 11.8 Å². The van der Waals surface area contributed by atoms with Crippen LogP contribution in [-0.2, 0) is 24.4 Å². The van der Waals surface area contributed by atoms with Gasteiger partial charge >= 0.3 is 5.69 Å². The summed E-state index contributed by atoms with van der Waals surface area (Å²) in [6, 6.07) is 13.5. The molecule has 180 valence electrons. The molecule has 0 fully saturated rings. The number of halogens is 1. The van der Waals surface area contributed by atoms with E-state index in [0.29, 0.717) is 18.5 Å². The van der Waals surface area contributed by atoms with Crippen LogP contribution in [0.3, 0.4) is 0 Å². The Labute approximate surface area is 204 Å². The standard InChI is InChI=1S/C25H24FN5O3S/c1-2-29-15-27-23-22(29)24(33)31(25(34)30(23)13-16-6-4-3-5-7-16)14-21(32)28-19-10-11-35-20-9-8-17(26)12-18(19)20/h3-9,12,15,19H,2,10-11,13-14H2,1H3,(H,28,32)/t19-/m0/s1. The molecule has 10 heteroatoms. The monoisotopic (exact) mass is 493 g/mol. The predicted octanol–water partition coefficient (Wildman–Crippen LogP) is 2.92. The molecule has 0 unspecified atom stereocenters. The van der Waals surface area contributed by atoms with Gasteiger partial charge in [-0.25, -0.2) is 18.7 Å². The van der Waals surface area contributed by atoms with E-state index in [2.05, 4.69) is 10.3 Å². The topological polar surface area (TPSA) is 90.9 Å². The molecule has 0 radical (unpaired) electrons. The summed E-state index contributed by atoms with van der Waals surface area (Å²) in [5.74, 6) is -0.0806. The Morgan fingerprint density at radius 1 is 1.17 bits per heavy atom. The van der Waals surface area contributed by atoms with E-state index in [4.69, 9.17) is 0 Å². The van der Waals surface area contributed by atoms with Gasteiger partial charge in [0, 0.05) is 17.2 Å². The summed E-state index contributed by atoms with van der Waals surface area (Å²) >= 11 is 1.61. The smallest absolute Gasteiger partial charge is 0.333 e. The van der Waals surface area contributed by atoms with Crippen LogP contribution in [-0.4, -0.2) is 30.3 Å². The molecule has 1 amide bonds. The van der Waals surface area contributed by atoms with Crippen molar-refractivity contribution in [1.29, 1.82) is 0 Å². The van der Waals surface area contributed by atoms with Gasteiger partial charge in [0.05, 0.1) is 18.9 Å². The zero-order chi connectivity index (χ0) is 24.5. The first-order valence-electron chi connectivity index (χ1n) is 11.4. The predicted molar refractivity (Wildman–Crippen MR) is 132 cm³/mol. The molecular weight excluding hydrogens is 469 g/mol. The fourth-order valence-electron chi connectivity index (χ4n) is 4.43. The molecule has 2 aromatic carbocycles. The van der Waals surface area contributed by atoms with Gasteiger partial charge in [-0.1, -0.05) is 30.3 Å². The number of carbonyl (C=O) groups is 1. The highest BCUT2D eigenvalue weighted by atomic mass is 32.2. The van der Waals surface area contributed by atoms with Crippen molar-refractivity contribution >= 4 is 28.8 Å². The summed E-state index contributed by atoms with van der Waals surface area (Å²) < 4.78 is 17.9. The average molecular weight is 494 g/mol. The first-order valence-corrected chi connectivity index (χ1v) is 12.4. The molecule has 5 rings (SSSR count). The maximum absolute atomic E-state index is 13.9. The number of aromatic nitrogens is 4. The van der Waals surface area contributed by atoms with Gasteiger partial charge in [0.1, 0.15) is 12.4 Å². The minimum Gasteiger partial charge on any atom is -0.348 e. The lowest BCUT2D eigenvalue weighted by Gasteiger charge is -2.26. The van der Waals surface area contributed by atoms with Gasteiger partial charge in [0.25, 0.3) is 5.56 Å². The Hall–Kier alpha value is -3.66. The number of aryl methyl sites for hydroxylation is 1. The second kappa shape index (κ2) is 9.53. The van der Waals surface area contributed by atoms with Crippen molar-refractivity contribution in [3.63, 3.8) is 0 Å². The number of thioether (sulfide) groups is 1. The first kappa shape index (κ1) is 23.1. The summed E-state index contributed by atoms with van der Waals surface area (Å²) in [6.07, 6.45) is 2.16. The molecule has 1 atom stereocenters. The van der Waals surface area contributed by atoms with E-state index in [1.54, 1.807) is 22.4 Å². The van der Waals surface area contributed by atoms with Crippen molar-refractivity contribution in [2.45, 2.75) is 43.9 Å². The summed E-state index contributed by atoms with van der Waals surface area (Å²) in [5, 5.41) is 2.90. The Balaban J connectivity index is 1.51. The van der Waals surface area contributed by atoms with Crippen LogP contribution < -0.4 is 16.6 Å². The van der Waals surface area contributed by atoms with Gasteiger partial charge in [0.2, 0.25) is 5.91 Å². The molecule has 0 bridgehead atoms. The summed E-state index contributed by atoms with van der Waals surface area (Å²) in [7, 11) is 0. The maximum atomic E-state index is 13.9. The Morgan fingerprint density at radius 3 is 2.74 bits per heavy atom. The Kier molecular flexibility index (Phi) is 6.29. The SMILES string of the molecule is CCn1cnc2c1c(=O)n(CC(=O)N[C@H]1CCSc3ccc(F)cc31)c(=O)n2Cc1ccccc1. The number of amides is 1. The lowest BCUT2D eigenvalue weighted by Crippen LogP contribution is -2.45. The molecule has 35 heavy (non-hydrogen) atoms. The van der Waals surface area contributed by atoms with E-state index in [-0.39, 0.29) is 29.6 Å². The fraction of sp³-hybridized carbons (Fsp3) is 0.280. The molecule has 1 aliphatic rings. The number of rotatable bonds is 6. The highest BCUT2D eigenvalue weighted by molar-refractivity contribution is 7.99. The highest BCUT2D eigenvalue weighted by Gasteiger charge is 2.25. The third kappa shape index (κ3) is 4.41. The van der Waals surface area contributed by atoms with Crippen LogP contribution in [0, 0.1) is 5.82 Å². The van der Waals surface area contributed by atoms with Crippen molar-refractivity contribution in [3.05, 3.63) is 92.6 Å². The van der Waals surface area contributed by atoms with Gasteiger partial charge in [-0.05, 0) is 42.7 Å². The molecule has 4 aromatic rings. The van der Waals surface area contributed by atoms with Crippen LogP contribution in [0.2, 0.25) is 0 Å². The van der Waals surface area contributed by atoms with Gasteiger partial charge in [0.15, 0.2) is 11.2 Å². The number of nitrogens with zero attached hydrogens (tertiary/aromatic N) is 4. The average Bonchev–Trinajstić information content (AvgIpc) is 3.30. The molecule has 1 N–H and O–H groups in total. The van der Waals surface area contributed by atoms with Crippen molar-refractivity contribution in [2.24, 2.45) is 0 Å². The molecule has 3 heterocycles. The summed E-state index contributed by atoms with van der Waals surface area (Å²) in [4.78, 5) is 45.0. The van der Waals surface area contributed by atoms with Crippen molar-refractivity contribution in [1.82, 2.24) is 24.0 Å². The van der Waals surface area contributed by atoms with E-state index < -0.39 is 23.7 Å². The van der Waals surface area contributed by atoms with Crippen molar-refractivity contribution in [3.8, 4) is 0 Å². The van der Waals surface area contributed by atoms with Crippen LogP contribution in [0.5, 0.6) is 0 Å². The van der Waals surface area contributed by atoms with E-state index >= 15 is 0 Å². The molecular formula is C25H24FN5O3S. The van der Waals surface area contributed by atoms with Gasteiger partial charge in [-0.2, -0.15) is 0 Å². The van der Waals surface area contributed by atoms with E-state index in [1.165, 1.54) is 23.0 Å². The third-order valence-corrected chi connectivity index (χ3v) is 7.28. The Morgan fingerprint density at radius 2 is 1.97 bits per heavy atom. The largest absolute Gasteiger partial charge is 0.348 e. The quantitative estimate of drug-likeness (QED) is 0.446. The maximum Gasteiger partial charge on any atom is 0.333 e. The number of nitrogens with one attached hydrogen (secondary N) is 1. The zero-order valence-corrected chi connectivity index (χ0v) is 19.9. The van der Waals surface area contributed by atoms with E-state index in [9.17, 15) is 18.8 Å². The second-order valence-electron chi connectivity index (χ2n) is 8.39. The molecule has 0 spiro atoms. The van der Waals surface area contributed by atoms with Crippen LogP contribution in [0.25, 0.3) is 11.2 Å². The van der Waals surface area contributed by atoms with Gasteiger partial charge in [-0.15, -0.1) is 11.8 Å². The van der Waals surface area contributed by atoms with Crippen LogP contribution in [0.1, 0.15) is 30.5 Å². The fourth-order valence-corrected chi connectivity index (χ4v) is 5.53. The molecule has 0 saturated heterocycles. The van der Waals surface area contributed by atoms with Crippen molar-refractivity contribution in [2.75, 3.05) is 5.75 Å². The molecule has 0 aliphatic carbocycles. The lowest BCUT2D eigenvalue weighted by molar-refractivity contribution is -0.122. The zero-order valence-electron chi connectivity index (χ0n) is 19.1. The van der Waals surface area contributed by atoms with Gasteiger partial charge in [-0.3, -0.25) is 14.2 Å². The lowest BCUT2D eigenvalue weighted by atomic mass is 10.0. The van der Waals surface area contributed by atoms with Crippen molar-refractivity contribution < 1.29 is 9.18 Å². The molecule has 8 nitrogen and oxygen atoms in total. The molecule has 2 aromatic heterocycles. The minimum absolute atomic E-state index is 0.214. The summed E-state index contributed by atoms with van der Waals surface area (Å²) in [6.45, 7) is 2.14. The number of carbonyl (C=O) groups excluding carboxylic acids is 1. The first-order chi connectivity index (χ1) is 17.0. The highest BCUT2D eigenvalue weighted by Crippen LogP contribution is 2.36. The molecule has 0 saturated carbocycles.